The van der Waals surface area contributed by atoms with E-state index in [2.05, 4.69) is 31.2 Å². The van der Waals surface area contributed by atoms with E-state index >= 15 is 0 Å². The van der Waals surface area contributed by atoms with Gasteiger partial charge in [0.05, 0.1) is 12.4 Å². The monoisotopic (exact) mass is 241 g/mol. The van der Waals surface area contributed by atoms with Gasteiger partial charge in [-0.1, -0.05) is 0 Å². The molecule has 1 saturated carbocycles. The van der Waals surface area contributed by atoms with Gasteiger partial charge < -0.3 is 5.32 Å². The topological polar surface area (TPSA) is 54.9 Å². The summed E-state index contributed by atoms with van der Waals surface area (Å²) in [7, 11) is 0. The lowest BCUT2D eigenvalue weighted by Crippen LogP contribution is -2.14. The molecule has 1 fully saturated rings. The predicted octanol–water partition coefficient (Wildman–Crippen LogP) is 1.59. The lowest BCUT2D eigenvalue weighted by molar-refractivity contribution is -0.117. The van der Waals surface area contributed by atoms with Crippen LogP contribution in [0.15, 0.2) is 17.0 Å². The molecule has 0 saturated heterocycles. The largest absolute Gasteiger partial charge is 0.309 e. The summed E-state index contributed by atoms with van der Waals surface area (Å²) in [5.74, 6) is 0.749. The number of aromatic nitrogens is 2. The Bertz CT molecular complexity index is 338. The first-order valence-electron chi connectivity index (χ1n) is 4.04. The quantitative estimate of drug-likeness (QED) is 0.856. The summed E-state index contributed by atoms with van der Waals surface area (Å²) in [6, 6.07) is 0. The lowest BCUT2D eigenvalue weighted by atomic mass is 10.4. The third kappa shape index (κ3) is 2.24. The van der Waals surface area contributed by atoms with Crippen LogP contribution in [0, 0.1) is 5.92 Å². The van der Waals surface area contributed by atoms with E-state index in [9.17, 15) is 4.79 Å². The average molecular weight is 242 g/mol. The Hall–Kier alpha value is -0.970. The Morgan fingerprint density at radius 2 is 2.31 bits per heavy atom. The molecule has 13 heavy (non-hydrogen) atoms. The number of hydrogen-bond acceptors (Lipinski definition) is 3. The van der Waals surface area contributed by atoms with E-state index in [0.29, 0.717) is 10.4 Å². The number of rotatable bonds is 2. The van der Waals surface area contributed by atoms with Gasteiger partial charge in [-0.25, -0.2) is 4.98 Å². The van der Waals surface area contributed by atoms with Crippen molar-refractivity contribution in [3.8, 4) is 0 Å². The molecule has 2 rings (SSSR count). The maximum absolute atomic E-state index is 11.3. The lowest BCUT2D eigenvalue weighted by Gasteiger charge is -2.01. The van der Waals surface area contributed by atoms with Gasteiger partial charge in [0.15, 0.2) is 5.82 Å². The van der Waals surface area contributed by atoms with Crippen LogP contribution in [0.4, 0.5) is 5.82 Å². The van der Waals surface area contributed by atoms with Crippen molar-refractivity contribution in [2.75, 3.05) is 5.32 Å². The first-order valence-corrected chi connectivity index (χ1v) is 4.83. The van der Waals surface area contributed by atoms with Crippen molar-refractivity contribution in [3.63, 3.8) is 0 Å². The van der Waals surface area contributed by atoms with Crippen LogP contribution in [-0.4, -0.2) is 15.9 Å². The molecular formula is C8H8BrN3O. The molecule has 1 N–H and O–H groups in total. The second-order valence-electron chi connectivity index (χ2n) is 2.99. The number of carbonyl (C=O) groups excluding carboxylic acids is 1. The zero-order valence-electron chi connectivity index (χ0n) is 6.83. The highest BCUT2D eigenvalue weighted by atomic mass is 79.9. The summed E-state index contributed by atoms with van der Waals surface area (Å²) >= 11 is 3.18. The molecular weight excluding hydrogens is 234 g/mol. The van der Waals surface area contributed by atoms with E-state index in [1.54, 1.807) is 6.20 Å². The van der Waals surface area contributed by atoms with E-state index in [-0.39, 0.29) is 11.8 Å². The average Bonchev–Trinajstić information content (AvgIpc) is 2.85. The summed E-state index contributed by atoms with van der Waals surface area (Å²) in [5.41, 5.74) is 0. The molecule has 1 aliphatic carbocycles. The van der Waals surface area contributed by atoms with Gasteiger partial charge in [0.1, 0.15) is 4.60 Å². The van der Waals surface area contributed by atoms with E-state index < -0.39 is 0 Å². The summed E-state index contributed by atoms with van der Waals surface area (Å²) in [6.07, 6.45) is 5.10. The van der Waals surface area contributed by atoms with Gasteiger partial charge in [-0.3, -0.25) is 9.78 Å². The van der Waals surface area contributed by atoms with E-state index in [1.165, 1.54) is 6.20 Å². The molecule has 0 aromatic carbocycles. The third-order valence-corrected chi connectivity index (χ3v) is 2.19. The number of halogens is 1. The van der Waals surface area contributed by atoms with Gasteiger partial charge >= 0.3 is 0 Å². The van der Waals surface area contributed by atoms with Crippen LogP contribution in [0.25, 0.3) is 0 Å². The fourth-order valence-corrected chi connectivity index (χ4v) is 1.29. The SMILES string of the molecule is O=C(Nc1cncc(Br)n1)C1CC1. The Kier molecular flexibility index (Phi) is 2.26. The molecule has 68 valence electrons. The minimum absolute atomic E-state index is 0.0485. The standard InChI is InChI=1S/C8H8BrN3O/c9-6-3-10-4-7(11-6)12-8(13)5-1-2-5/h3-5H,1-2H2,(H,11,12,13). The van der Waals surface area contributed by atoms with Crippen molar-refractivity contribution in [3.05, 3.63) is 17.0 Å². The molecule has 0 atom stereocenters. The Morgan fingerprint density at radius 1 is 1.54 bits per heavy atom. The molecule has 0 unspecified atom stereocenters. The number of anilines is 1. The maximum Gasteiger partial charge on any atom is 0.228 e. The van der Waals surface area contributed by atoms with Crippen LogP contribution in [0.2, 0.25) is 0 Å². The Labute approximate surface area is 83.9 Å². The second-order valence-corrected chi connectivity index (χ2v) is 3.80. The molecule has 0 bridgehead atoms. The number of hydrogen-bond donors (Lipinski definition) is 1. The van der Waals surface area contributed by atoms with Crippen LogP contribution < -0.4 is 5.32 Å². The Morgan fingerprint density at radius 3 is 2.92 bits per heavy atom. The molecule has 4 nitrogen and oxygen atoms in total. The second kappa shape index (κ2) is 3.41. The highest BCUT2D eigenvalue weighted by Crippen LogP contribution is 2.29. The summed E-state index contributed by atoms with van der Waals surface area (Å²) in [6.45, 7) is 0. The van der Waals surface area contributed by atoms with Crippen molar-refractivity contribution in [1.29, 1.82) is 0 Å². The van der Waals surface area contributed by atoms with Crippen molar-refractivity contribution in [2.45, 2.75) is 12.8 Å². The first kappa shape index (κ1) is 8.62. The van der Waals surface area contributed by atoms with Crippen molar-refractivity contribution in [2.24, 2.45) is 5.92 Å². The molecule has 5 heteroatoms. The zero-order chi connectivity index (χ0) is 9.26. The minimum atomic E-state index is 0.0485. The normalized spacial score (nSPS) is 15.5. The molecule has 1 aliphatic rings. The minimum Gasteiger partial charge on any atom is -0.309 e. The smallest absolute Gasteiger partial charge is 0.228 e. The molecule has 1 aromatic heterocycles. The van der Waals surface area contributed by atoms with Crippen LogP contribution in [0.3, 0.4) is 0 Å². The van der Waals surface area contributed by atoms with Gasteiger partial charge in [-0.05, 0) is 28.8 Å². The van der Waals surface area contributed by atoms with Gasteiger partial charge in [-0.15, -0.1) is 0 Å². The fraction of sp³-hybridized carbons (Fsp3) is 0.375. The summed E-state index contributed by atoms with van der Waals surface area (Å²) in [5, 5.41) is 2.70. The number of nitrogens with one attached hydrogen (secondary N) is 1. The van der Waals surface area contributed by atoms with E-state index in [0.717, 1.165) is 12.8 Å². The van der Waals surface area contributed by atoms with Gasteiger partial charge in [0.2, 0.25) is 5.91 Å². The first-order chi connectivity index (χ1) is 6.25. The zero-order valence-corrected chi connectivity index (χ0v) is 8.41. The van der Waals surface area contributed by atoms with E-state index in [4.69, 9.17) is 0 Å². The predicted molar refractivity (Wildman–Crippen MR) is 51.1 cm³/mol. The summed E-state index contributed by atoms with van der Waals surface area (Å²) in [4.78, 5) is 19.2. The molecule has 1 heterocycles. The number of amides is 1. The van der Waals surface area contributed by atoms with E-state index in [1.807, 2.05) is 0 Å². The third-order valence-electron chi connectivity index (χ3n) is 1.80. The highest BCUT2D eigenvalue weighted by molar-refractivity contribution is 9.10. The fourth-order valence-electron chi connectivity index (χ4n) is 0.976. The van der Waals surface area contributed by atoms with Gasteiger partial charge in [0.25, 0.3) is 0 Å². The number of nitrogens with zero attached hydrogens (tertiary/aromatic N) is 2. The van der Waals surface area contributed by atoms with Crippen LogP contribution in [0.1, 0.15) is 12.8 Å². The van der Waals surface area contributed by atoms with Crippen molar-refractivity contribution < 1.29 is 4.79 Å². The molecule has 0 radical (unpaired) electrons. The molecule has 0 spiro atoms. The molecule has 1 aromatic rings. The van der Waals surface area contributed by atoms with Gasteiger partial charge in [0, 0.05) is 5.92 Å². The van der Waals surface area contributed by atoms with Crippen LogP contribution in [-0.2, 0) is 4.79 Å². The maximum atomic E-state index is 11.3. The van der Waals surface area contributed by atoms with Crippen LogP contribution in [0.5, 0.6) is 0 Å². The summed E-state index contributed by atoms with van der Waals surface area (Å²) < 4.78 is 0.626. The Balaban J connectivity index is 2.04. The highest BCUT2D eigenvalue weighted by Gasteiger charge is 2.29. The van der Waals surface area contributed by atoms with Crippen molar-refractivity contribution in [1.82, 2.24) is 9.97 Å². The molecule has 1 amide bonds. The number of carbonyl (C=O) groups is 1. The van der Waals surface area contributed by atoms with Gasteiger partial charge in [-0.2, -0.15) is 0 Å². The van der Waals surface area contributed by atoms with Crippen LogP contribution >= 0.6 is 15.9 Å². The van der Waals surface area contributed by atoms with Crippen molar-refractivity contribution >= 4 is 27.7 Å². The molecule has 0 aliphatic heterocycles.